The number of aromatic nitrogens is 3. The van der Waals surface area contributed by atoms with Crippen LogP contribution in [0.4, 0.5) is 16.3 Å². The topological polar surface area (TPSA) is 98.9 Å². The van der Waals surface area contributed by atoms with E-state index in [1.807, 2.05) is 42.5 Å². The molecule has 2 aromatic heterocycles. The van der Waals surface area contributed by atoms with E-state index >= 15 is 0 Å². The summed E-state index contributed by atoms with van der Waals surface area (Å²) in [6.07, 6.45) is 11.6. The molecule has 2 N–H and O–H groups in total. The third kappa shape index (κ3) is 5.62. The van der Waals surface area contributed by atoms with Gasteiger partial charge in [0.05, 0.1) is 11.8 Å². The van der Waals surface area contributed by atoms with Crippen molar-refractivity contribution in [3.8, 4) is 17.2 Å². The van der Waals surface area contributed by atoms with Crippen LogP contribution in [-0.4, -0.2) is 39.4 Å². The van der Waals surface area contributed by atoms with Crippen LogP contribution in [0.3, 0.4) is 0 Å². The van der Waals surface area contributed by atoms with Crippen molar-refractivity contribution in [1.82, 2.24) is 20.1 Å². The van der Waals surface area contributed by atoms with Gasteiger partial charge in [0.25, 0.3) is 0 Å². The van der Waals surface area contributed by atoms with Gasteiger partial charge in [-0.15, -0.1) is 0 Å². The lowest BCUT2D eigenvalue weighted by atomic mass is 9.89. The van der Waals surface area contributed by atoms with Gasteiger partial charge in [-0.05, 0) is 74.3 Å². The number of carbonyl (C=O) groups is 1. The Balaban J connectivity index is 1.27. The number of rotatable bonds is 7. The van der Waals surface area contributed by atoms with Crippen molar-refractivity contribution in [3.05, 3.63) is 60.6 Å². The molecule has 0 spiro atoms. The van der Waals surface area contributed by atoms with Gasteiger partial charge in [0, 0.05) is 49.3 Å². The monoisotopic (exact) mass is 469 g/mol. The van der Waals surface area contributed by atoms with Crippen LogP contribution >= 0.6 is 0 Å². The third-order valence-electron chi connectivity index (χ3n) is 6.95. The minimum atomic E-state index is -0.00352. The standard InChI is InChI=1S/C27H31N7O/c1-33-18-22(17-31-33)21-5-9-24(10-6-21)34(27(35)30-15-19-2-3-19)25-11-7-23(8-12-25)32-26-13-4-20(14-28)16-29-26/h4-6,9-10,13,16-19,23,25H,2-3,7-8,11-12,15H2,1H3,(H,29,32)(H,30,35). The highest BCUT2D eigenvalue weighted by molar-refractivity contribution is 5.93. The quantitative estimate of drug-likeness (QED) is 0.522. The Kier molecular flexibility index (Phi) is 6.66. The minimum absolute atomic E-state index is 0.00352. The van der Waals surface area contributed by atoms with E-state index in [9.17, 15) is 4.79 Å². The molecule has 0 aliphatic heterocycles. The molecule has 2 fully saturated rings. The van der Waals surface area contributed by atoms with Gasteiger partial charge in [-0.2, -0.15) is 10.4 Å². The zero-order valence-corrected chi connectivity index (χ0v) is 20.0. The zero-order valence-electron chi connectivity index (χ0n) is 20.0. The first-order valence-corrected chi connectivity index (χ1v) is 12.4. The highest BCUT2D eigenvalue weighted by Gasteiger charge is 2.31. The number of nitrogens with zero attached hydrogens (tertiary/aromatic N) is 5. The molecular formula is C27H31N7O. The molecule has 35 heavy (non-hydrogen) atoms. The molecule has 0 unspecified atom stereocenters. The molecule has 180 valence electrons. The number of nitrogens with one attached hydrogen (secondary N) is 2. The average Bonchev–Trinajstić information content (AvgIpc) is 3.63. The van der Waals surface area contributed by atoms with Crippen molar-refractivity contribution in [3.63, 3.8) is 0 Å². The van der Waals surface area contributed by atoms with Crippen LogP contribution in [0.2, 0.25) is 0 Å². The van der Waals surface area contributed by atoms with Crippen LogP contribution < -0.4 is 15.5 Å². The number of benzene rings is 1. The first-order valence-electron chi connectivity index (χ1n) is 12.4. The lowest BCUT2D eigenvalue weighted by Crippen LogP contribution is -2.49. The van der Waals surface area contributed by atoms with Crippen molar-refractivity contribution in [2.75, 3.05) is 16.8 Å². The Morgan fingerprint density at radius 3 is 2.43 bits per heavy atom. The van der Waals surface area contributed by atoms with Gasteiger partial charge in [0.15, 0.2) is 0 Å². The van der Waals surface area contributed by atoms with Crippen LogP contribution in [0, 0.1) is 17.2 Å². The lowest BCUT2D eigenvalue weighted by molar-refractivity contribution is 0.240. The summed E-state index contributed by atoms with van der Waals surface area (Å²) >= 11 is 0. The maximum Gasteiger partial charge on any atom is 0.322 e. The Labute approximate surface area is 206 Å². The van der Waals surface area contributed by atoms with Gasteiger partial charge < -0.3 is 10.6 Å². The fourth-order valence-electron chi connectivity index (χ4n) is 4.75. The summed E-state index contributed by atoms with van der Waals surface area (Å²) in [7, 11) is 1.91. The lowest BCUT2D eigenvalue weighted by Gasteiger charge is -2.37. The summed E-state index contributed by atoms with van der Waals surface area (Å²) < 4.78 is 1.79. The van der Waals surface area contributed by atoms with Gasteiger partial charge in [0.2, 0.25) is 0 Å². The van der Waals surface area contributed by atoms with E-state index in [2.05, 4.69) is 38.9 Å². The molecule has 2 amide bonds. The predicted octanol–water partition coefficient (Wildman–Crippen LogP) is 4.70. The molecule has 0 saturated heterocycles. The first-order chi connectivity index (χ1) is 17.1. The van der Waals surface area contributed by atoms with E-state index in [4.69, 9.17) is 5.26 Å². The first kappa shape index (κ1) is 22.9. The molecule has 5 rings (SSSR count). The minimum Gasteiger partial charge on any atom is -0.367 e. The molecule has 8 nitrogen and oxygen atoms in total. The maximum atomic E-state index is 13.3. The number of nitriles is 1. The summed E-state index contributed by atoms with van der Waals surface area (Å²) in [5.41, 5.74) is 3.63. The van der Waals surface area contributed by atoms with Crippen molar-refractivity contribution in [2.24, 2.45) is 13.0 Å². The largest absolute Gasteiger partial charge is 0.367 e. The number of anilines is 2. The Morgan fingerprint density at radius 2 is 1.83 bits per heavy atom. The average molecular weight is 470 g/mol. The second-order valence-electron chi connectivity index (χ2n) is 9.64. The molecule has 2 saturated carbocycles. The third-order valence-corrected chi connectivity index (χ3v) is 6.95. The summed E-state index contributed by atoms with van der Waals surface area (Å²) in [6.45, 7) is 0.754. The normalized spacial score (nSPS) is 19.5. The number of aryl methyl sites for hydroxylation is 1. The van der Waals surface area contributed by atoms with E-state index in [1.165, 1.54) is 12.8 Å². The van der Waals surface area contributed by atoms with Gasteiger partial charge in [0.1, 0.15) is 11.9 Å². The number of amides is 2. The number of hydrogen-bond donors (Lipinski definition) is 2. The molecule has 0 radical (unpaired) electrons. The SMILES string of the molecule is Cn1cc(-c2ccc(N(C(=O)NCC3CC3)C3CCC(Nc4ccc(C#N)cn4)CC3)cc2)cn1. The molecule has 0 bridgehead atoms. The smallest absolute Gasteiger partial charge is 0.322 e. The number of carbonyl (C=O) groups excluding carboxylic acids is 1. The number of urea groups is 1. The molecule has 3 aromatic rings. The Bertz CT molecular complexity index is 1180. The van der Waals surface area contributed by atoms with Gasteiger partial charge in [-0.1, -0.05) is 12.1 Å². The Morgan fingerprint density at radius 1 is 1.06 bits per heavy atom. The molecule has 0 atom stereocenters. The van der Waals surface area contributed by atoms with Crippen LogP contribution in [-0.2, 0) is 7.05 Å². The zero-order chi connectivity index (χ0) is 24.2. The van der Waals surface area contributed by atoms with Crippen LogP contribution in [0.25, 0.3) is 11.1 Å². The highest BCUT2D eigenvalue weighted by atomic mass is 16.2. The van der Waals surface area contributed by atoms with Crippen LogP contribution in [0.1, 0.15) is 44.1 Å². The van der Waals surface area contributed by atoms with Crippen molar-refractivity contribution >= 4 is 17.5 Å². The second-order valence-corrected chi connectivity index (χ2v) is 9.64. The van der Waals surface area contributed by atoms with Crippen molar-refractivity contribution in [1.29, 1.82) is 5.26 Å². The predicted molar refractivity (Wildman–Crippen MR) is 136 cm³/mol. The molecule has 2 aliphatic rings. The maximum absolute atomic E-state index is 13.3. The summed E-state index contributed by atoms with van der Waals surface area (Å²) in [5.74, 6) is 1.42. The Hall–Kier alpha value is -3.86. The molecule has 1 aromatic carbocycles. The summed E-state index contributed by atoms with van der Waals surface area (Å²) in [4.78, 5) is 19.6. The van der Waals surface area contributed by atoms with E-state index in [1.54, 1.807) is 16.9 Å². The van der Waals surface area contributed by atoms with Gasteiger partial charge in [-0.3, -0.25) is 9.58 Å². The molecule has 2 heterocycles. The van der Waals surface area contributed by atoms with Crippen LogP contribution in [0.5, 0.6) is 0 Å². The summed E-state index contributed by atoms with van der Waals surface area (Å²) in [5, 5.41) is 19.9. The highest BCUT2D eigenvalue weighted by Crippen LogP contribution is 2.32. The van der Waals surface area contributed by atoms with Gasteiger partial charge >= 0.3 is 6.03 Å². The number of pyridine rings is 1. The van der Waals surface area contributed by atoms with E-state index < -0.39 is 0 Å². The molecule has 2 aliphatic carbocycles. The van der Waals surface area contributed by atoms with E-state index in [0.717, 1.165) is 54.9 Å². The van der Waals surface area contributed by atoms with E-state index in [-0.39, 0.29) is 12.1 Å². The fourth-order valence-corrected chi connectivity index (χ4v) is 4.75. The number of hydrogen-bond acceptors (Lipinski definition) is 5. The summed E-state index contributed by atoms with van der Waals surface area (Å²) in [6, 6.07) is 14.4. The van der Waals surface area contributed by atoms with Gasteiger partial charge in [-0.25, -0.2) is 9.78 Å². The van der Waals surface area contributed by atoms with Crippen molar-refractivity contribution < 1.29 is 4.79 Å². The molecule has 8 heteroatoms. The van der Waals surface area contributed by atoms with Crippen molar-refractivity contribution in [2.45, 2.75) is 50.6 Å². The fraction of sp³-hybridized carbons (Fsp3) is 0.407. The second kappa shape index (κ2) is 10.2. The van der Waals surface area contributed by atoms with E-state index in [0.29, 0.717) is 17.5 Å². The molecular weight excluding hydrogens is 438 g/mol. The van der Waals surface area contributed by atoms with Crippen LogP contribution in [0.15, 0.2) is 55.0 Å².